The number of alkyl halides is 3. The molecule has 11 heteroatoms. The molecule has 1 amide bonds. The van der Waals surface area contributed by atoms with Crippen LogP contribution in [0.3, 0.4) is 0 Å². The number of halogens is 6. The smallest absolute Gasteiger partial charge is 0.416 e. The van der Waals surface area contributed by atoms with Gasteiger partial charge in [0.15, 0.2) is 11.5 Å². The molecule has 0 saturated heterocycles. The molecule has 0 aliphatic heterocycles. The second kappa shape index (κ2) is 11.7. The standard InChI is InChI=1S/C25H16BrCl2F3N2O3/c1-35-22-9-15(19(26)11-23(22)36-13-14-5-6-20(27)21(28)7-14)8-16(12-32)24(34)33-18-4-2-3-17(10-18)25(29,30)31/h2-11H,13H2,1H3,(H,33,34)/b16-8-. The van der Waals surface area contributed by atoms with Gasteiger partial charge in [-0.1, -0.05) is 51.3 Å². The lowest BCUT2D eigenvalue weighted by molar-refractivity contribution is -0.137. The van der Waals surface area contributed by atoms with Crippen molar-refractivity contribution in [2.24, 2.45) is 0 Å². The maximum absolute atomic E-state index is 12.9. The highest BCUT2D eigenvalue weighted by atomic mass is 79.9. The van der Waals surface area contributed by atoms with E-state index in [0.29, 0.717) is 31.6 Å². The van der Waals surface area contributed by atoms with E-state index in [-0.39, 0.29) is 17.9 Å². The molecule has 186 valence electrons. The van der Waals surface area contributed by atoms with Crippen molar-refractivity contribution < 1.29 is 27.4 Å². The summed E-state index contributed by atoms with van der Waals surface area (Å²) in [5.41, 5.74) is -0.181. The number of hydrogen-bond donors (Lipinski definition) is 1. The van der Waals surface area contributed by atoms with Crippen molar-refractivity contribution >= 4 is 56.8 Å². The normalized spacial score (nSPS) is 11.6. The number of nitrogens with one attached hydrogen (secondary N) is 1. The average molecular weight is 600 g/mol. The Morgan fingerprint density at radius 1 is 1.11 bits per heavy atom. The van der Waals surface area contributed by atoms with E-state index in [1.54, 1.807) is 36.4 Å². The largest absolute Gasteiger partial charge is 0.493 e. The number of amides is 1. The first-order valence-corrected chi connectivity index (χ1v) is 11.6. The molecule has 0 heterocycles. The highest BCUT2D eigenvalue weighted by Crippen LogP contribution is 2.36. The van der Waals surface area contributed by atoms with E-state index < -0.39 is 17.6 Å². The molecule has 5 nitrogen and oxygen atoms in total. The van der Waals surface area contributed by atoms with Gasteiger partial charge in [0.05, 0.1) is 22.7 Å². The first kappa shape index (κ1) is 27.4. The predicted molar refractivity (Wildman–Crippen MR) is 135 cm³/mol. The van der Waals surface area contributed by atoms with E-state index in [1.807, 2.05) is 0 Å². The molecular weight excluding hydrogens is 584 g/mol. The second-order valence-corrected chi connectivity index (χ2v) is 8.93. The van der Waals surface area contributed by atoms with E-state index in [2.05, 4.69) is 21.2 Å². The third-order valence-corrected chi connectivity index (χ3v) is 6.20. The number of nitrogens with zero attached hydrogens (tertiary/aromatic N) is 1. The van der Waals surface area contributed by atoms with Crippen LogP contribution in [0, 0.1) is 11.3 Å². The fourth-order valence-corrected chi connectivity index (χ4v) is 3.76. The van der Waals surface area contributed by atoms with Gasteiger partial charge in [0.1, 0.15) is 18.2 Å². The minimum Gasteiger partial charge on any atom is -0.493 e. The van der Waals surface area contributed by atoms with Crippen molar-refractivity contribution in [3.05, 3.63) is 91.4 Å². The Morgan fingerprint density at radius 2 is 1.86 bits per heavy atom. The van der Waals surface area contributed by atoms with Crippen molar-refractivity contribution in [3.63, 3.8) is 0 Å². The van der Waals surface area contributed by atoms with Crippen LogP contribution in [-0.4, -0.2) is 13.0 Å². The van der Waals surface area contributed by atoms with Crippen LogP contribution in [0.25, 0.3) is 6.08 Å². The Bertz CT molecular complexity index is 1370. The fraction of sp³-hybridized carbons (Fsp3) is 0.120. The number of hydrogen-bond acceptors (Lipinski definition) is 4. The van der Waals surface area contributed by atoms with Crippen LogP contribution in [0.4, 0.5) is 18.9 Å². The molecule has 0 saturated carbocycles. The number of anilines is 1. The topological polar surface area (TPSA) is 71.3 Å². The van der Waals surface area contributed by atoms with Crippen molar-refractivity contribution in [1.82, 2.24) is 0 Å². The summed E-state index contributed by atoms with van der Waals surface area (Å²) in [6, 6.07) is 14.1. The van der Waals surface area contributed by atoms with E-state index in [0.717, 1.165) is 23.8 Å². The summed E-state index contributed by atoms with van der Waals surface area (Å²) in [5, 5.41) is 12.6. The third-order valence-electron chi connectivity index (χ3n) is 4.77. The lowest BCUT2D eigenvalue weighted by atomic mass is 10.1. The monoisotopic (exact) mass is 598 g/mol. The average Bonchev–Trinajstić information content (AvgIpc) is 2.83. The summed E-state index contributed by atoms with van der Waals surface area (Å²) < 4.78 is 50.5. The molecule has 1 N–H and O–H groups in total. The zero-order chi connectivity index (χ0) is 26.5. The zero-order valence-electron chi connectivity index (χ0n) is 18.4. The van der Waals surface area contributed by atoms with Crippen molar-refractivity contribution in [2.45, 2.75) is 12.8 Å². The Kier molecular flexibility index (Phi) is 8.90. The van der Waals surface area contributed by atoms with Gasteiger partial charge in [0.2, 0.25) is 0 Å². The van der Waals surface area contributed by atoms with Crippen LogP contribution in [-0.2, 0) is 17.6 Å². The molecule has 0 unspecified atom stereocenters. The maximum Gasteiger partial charge on any atom is 0.416 e. The molecule has 3 rings (SSSR count). The van der Waals surface area contributed by atoms with Crippen LogP contribution in [0.2, 0.25) is 10.0 Å². The Balaban J connectivity index is 1.82. The number of methoxy groups -OCH3 is 1. The van der Waals surface area contributed by atoms with Gasteiger partial charge in [0, 0.05) is 10.2 Å². The molecule has 36 heavy (non-hydrogen) atoms. The molecule has 0 spiro atoms. The lowest BCUT2D eigenvalue weighted by Gasteiger charge is -2.13. The number of rotatable bonds is 7. The van der Waals surface area contributed by atoms with Gasteiger partial charge in [0.25, 0.3) is 5.91 Å². The van der Waals surface area contributed by atoms with E-state index in [4.69, 9.17) is 32.7 Å². The molecule has 0 fully saturated rings. The predicted octanol–water partition coefficient (Wildman–Crippen LogP) is 7.91. The molecule has 0 atom stereocenters. The van der Waals surface area contributed by atoms with Crippen LogP contribution in [0.15, 0.2) is 64.6 Å². The van der Waals surface area contributed by atoms with E-state index in [1.165, 1.54) is 19.3 Å². The number of carbonyl (C=O) groups excluding carboxylic acids is 1. The summed E-state index contributed by atoms with van der Waals surface area (Å²) >= 11 is 15.3. The van der Waals surface area contributed by atoms with Crippen LogP contribution in [0.5, 0.6) is 11.5 Å². The summed E-state index contributed by atoms with van der Waals surface area (Å²) in [7, 11) is 1.42. The summed E-state index contributed by atoms with van der Waals surface area (Å²) in [6.07, 6.45) is -3.29. The van der Waals surface area contributed by atoms with Gasteiger partial charge in [-0.15, -0.1) is 0 Å². The molecule has 0 aliphatic carbocycles. The molecule has 0 aliphatic rings. The summed E-state index contributed by atoms with van der Waals surface area (Å²) in [4.78, 5) is 12.6. The fourth-order valence-electron chi connectivity index (χ4n) is 3.00. The highest BCUT2D eigenvalue weighted by Gasteiger charge is 2.30. The molecule has 0 aromatic heterocycles. The SMILES string of the molecule is COc1cc(/C=C(/C#N)C(=O)Nc2cccc(C(F)(F)F)c2)c(Br)cc1OCc1ccc(Cl)c(Cl)c1. The van der Waals surface area contributed by atoms with Gasteiger partial charge >= 0.3 is 6.18 Å². The Morgan fingerprint density at radius 3 is 2.50 bits per heavy atom. The first-order chi connectivity index (χ1) is 17.0. The van der Waals surface area contributed by atoms with Gasteiger partial charge in [-0.25, -0.2) is 0 Å². The molecule has 0 bridgehead atoms. The van der Waals surface area contributed by atoms with Gasteiger partial charge < -0.3 is 14.8 Å². The van der Waals surface area contributed by atoms with Gasteiger partial charge in [-0.3, -0.25) is 4.79 Å². The summed E-state index contributed by atoms with van der Waals surface area (Å²) in [5.74, 6) is -0.178. The quantitative estimate of drug-likeness (QED) is 0.221. The van der Waals surface area contributed by atoms with Gasteiger partial charge in [-0.05, 0) is 59.7 Å². The van der Waals surface area contributed by atoms with E-state index >= 15 is 0 Å². The lowest BCUT2D eigenvalue weighted by Crippen LogP contribution is -2.14. The number of ether oxygens (including phenoxy) is 2. The molecule has 3 aromatic rings. The van der Waals surface area contributed by atoms with Crippen molar-refractivity contribution in [3.8, 4) is 17.6 Å². The van der Waals surface area contributed by atoms with E-state index in [9.17, 15) is 23.2 Å². The van der Waals surface area contributed by atoms with Crippen LogP contribution in [0.1, 0.15) is 16.7 Å². The zero-order valence-corrected chi connectivity index (χ0v) is 21.5. The minimum absolute atomic E-state index is 0.0985. The van der Waals surface area contributed by atoms with Crippen LogP contribution >= 0.6 is 39.1 Å². The maximum atomic E-state index is 12.9. The number of carbonyl (C=O) groups is 1. The van der Waals surface area contributed by atoms with Crippen LogP contribution < -0.4 is 14.8 Å². The third kappa shape index (κ3) is 6.94. The molecule has 3 aromatic carbocycles. The van der Waals surface area contributed by atoms with Crippen molar-refractivity contribution in [2.75, 3.05) is 12.4 Å². The summed E-state index contributed by atoms with van der Waals surface area (Å²) in [6.45, 7) is 0.164. The van der Waals surface area contributed by atoms with Crippen molar-refractivity contribution in [1.29, 1.82) is 5.26 Å². The second-order valence-electron chi connectivity index (χ2n) is 7.26. The Labute approximate surface area is 223 Å². The first-order valence-electron chi connectivity index (χ1n) is 10.1. The Hall–Kier alpha value is -3.19. The minimum atomic E-state index is -4.57. The van der Waals surface area contributed by atoms with Gasteiger partial charge in [-0.2, -0.15) is 18.4 Å². The number of nitriles is 1. The molecule has 0 radical (unpaired) electrons. The number of benzene rings is 3. The molecular formula is C25H16BrCl2F3N2O3. The highest BCUT2D eigenvalue weighted by molar-refractivity contribution is 9.10.